The average molecular weight is 405 g/mol. The van der Waals surface area contributed by atoms with Crippen LogP contribution in [0.15, 0.2) is 0 Å². The van der Waals surface area contributed by atoms with Crippen LogP contribution in [-0.4, -0.2) is 62.1 Å². The highest BCUT2D eigenvalue weighted by atomic mass is 16.6. The first-order valence-electron chi connectivity index (χ1n) is 10.0. The van der Waals surface area contributed by atoms with Crippen LogP contribution >= 0.6 is 0 Å². The maximum atomic E-state index is 12.7. The van der Waals surface area contributed by atoms with Crippen molar-refractivity contribution in [2.75, 3.05) is 18.4 Å². The fourth-order valence-electron chi connectivity index (χ4n) is 3.65. The SMILES string of the molecule is CC(C)(C)OC(=O)N1CCc2c(NC(=O)C3CC(=O)N(C(C)(C)C)C3)n[nH]c2C1. The van der Waals surface area contributed by atoms with E-state index in [1.54, 1.807) is 9.80 Å². The number of carbonyl (C=O) groups excluding carboxylic acids is 3. The summed E-state index contributed by atoms with van der Waals surface area (Å²) in [5.74, 6) is -0.116. The number of aromatic nitrogens is 2. The van der Waals surface area contributed by atoms with Crippen LogP contribution in [-0.2, 0) is 27.3 Å². The predicted molar refractivity (Wildman–Crippen MR) is 107 cm³/mol. The van der Waals surface area contributed by atoms with E-state index in [1.807, 2.05) is 41.5 Å². The van der Waals surface area contributed by atoms with Crippen molar-refractivity contribution in [1.82, 2.24) is 20.0 Å². The van der Waals surface area contributed by atoms with E-state index in [4.69, 9.17) is 4.74 Å². The molecule has 160 valence electrons. The lowest BCUT2D eigenvalue weighted by atomic mass is 10.1. The number of aromatic amines is 1. The van der Waals surface area contributed by atoms with Crippen LogP contribution in [0.25, 0.3) is 0 Å². The number of nitrogens with one attached hydrogen (secondary N) is 2. The summed E-state index contributed by atoms with van der Waals surface area (Å²) in [4.78, 5) is 40.6. The highest BCUT2D eigenvalue weighted by Gasteiger charge is 2.40. The number of rotatable bonds is 2. The number of fused-ring (bicyclic) bond motifs is 1. The van der Waals surface area contributed by atoms with Crippen molar-refractivity contribution in [1.29, 1.82) is 0 Å². The van der Waals surface area contributed by atoms with Crippen molar-refractivity contribution in [3.63, 3.8) is 0 Å². The molecule has 3 amide bonds. The molecule has 29 heavy (non-hydrogen) atoms. The van der Waals surface area contributed by atoms with Crippen molar-refractivity contribution in [2.24, 2.45) is 5.92 Å². The second-order valence-electron chi connectivity index (χ2n) is 9.75. The van der Waals surface area contributed by atoms with E-state index in [-0.39, 0.29) is 29.9 Å². The van der Waals surface area contributed by atoms with Crippen LogP contribution in [0.2, 0.25) is 0 Å². The standard InChI is InChI=1S/C20H31N5O4/c1-19(2,3)25-10-12(9-15(25)26)17(27)21-16-13-7-8-24(11-14(13)22-23-16)18(28)29-20(4,5)6/h12H,7-11H2,1-6H3,(H2,21,22,23,27). The second kappa shape index (κ2) is 7.35. The highest BCUT2D eigenvalue weighted by molar-refractivity contribution is 5.97. The number of anilines is 1. The summed E-state index contributed by atoms with van der Waals surface area (Å²) in [6.07, 6.45) is 0.413. The van der Waals surface area contributed by atoms with Gasteiger partial charge in [-0.25, -0.2) is 4.79 Å². The minimum absolute atomic E-state index is 0.00490. The highest BCUT2D eigenvalue weighted by Crippen LogP contribution is 2.29. The normalized spacial score (nSPS) is 19.9. The van der Waals surface area contributed by atoms with E-state index in [0.717, 1.165) is 11.3 Å². The van der Waals surface area contributed by atoms with Crippen LogP contribution in [0.1, 0.15) is 59.2 Å². The van der Waals surface area contributed by atoms with Gasteiger partial charge in [0.25, 0.3) is 0 Å². The molecule has 1 saturated heterocycles. The first-order chi connectivity index (χ1) is 13.3. The molecule has 3 rings (SSSR count). The first kappa shape index (κ1) is 21.1. The van der Waals surface area contributed by atoms with E-state index in [0.29, 0.717) is 31.9 Å². The monoisotopic (exact) mass is 405 g/mol. The van der Waals surface area contributed by atoms with E-state index < -0.39 is 11.5 Å². The fourth-order valence-corrected chi connectivity index (χ4v) is 3.65. The molecule has 9 nitrogen and oxygen atoms in total. The summed E-state index contributed by atoms with van der Waals surface area (Å²) >= 11 is 0. The van der Waals surface area contributed by atoms with Gasteiger partial charge in [0, 0.05) is 30.6 Å². The lowest BCUT2D eigenvalue weighted by molar-refractivity contribution is -0.131. The molecule has 0 bridgehead atoms. The molecular weight excluding hydrogens is 374 g/mol. The number of carbonyl (C=O) groups is 3. The number of amides is 3. The average Bonchev–Trinajstić information content (AvgIpc) is 3.16. The Morgan fingerprint density at radius 3 is 2.48 bits per heavy atom. The van der Waals surface area contributed by atoms with Gasteiger partial charge in [-0.05, 0) is 48.0 Å². The molecule has 0 aromatic carbocycles. The van der Waals surface area contributed by atoms with Gasteiger partial charge in [-0.3, -0.25) is 14.7 Å². The number of hydrogen-bond donors (Lipinski definition) is 2. The van der Waals surface area contributed by atoms with Crippen molar-refractivity contribution in [2.45, 2.75) is 72.1 Å². The lowest BCUT2D eigenvalue weighted by Crippen LogP contribution is -2.42. The zero-order chi connectivity index (χ0) is 21.6. The Kier molecular flexibility index (Phi) is 5.36. The maximum Gasteiger partial charge on any atom is 0.410 e. The van der Waals surface area contributed by atoms with Gasteiger partial charge in [-0.15, -0.1) is 0 Å². The summed E-state index contributed by atoms with van der Waals surface area (Å²) in [5.41, 5.74) is 0.832. The Morgan fingerprint density at radius 1 is 1.21 bits per heavy atom. The Morgan fingerprint density at radius 2 is 1.90 bits per heavy atom. The fraction of sp³-hybridized carbons (Fsp3) is 0.700. The van der Waals surface area contributed by atoms with Gasteiger partial charge in [-0.2, -0.15) is 5.10 Å². The third kappa shape index (κ3) is 4.71. The second-order valence-corrected chi connectivity index (χ2v) is 9.75. The van der Waals surface area contributed by atoms with Gasteiger partial charge in [-0.1, -0.05) is 0 Å². The van der Waals surface area contributed by atoms with Gasteiger partial charge in [0.15, 0.2) is 5.82 Å². The van der Waals surface area contributed by atoms with Gasteiger partial charge in [0.1, 0.15) is 5.60 Å². The van der Waals surface area contributed by atoms with Gasteiger partial charge < -0.3 is 19.9 Å². The number of H-pyrrole nitrogens is 1. The molecule has 2 aliphatic rings. The lowest BCUT2D eigenvalue weighted by Gasteiger charge is -2.32. The van der Waals surface area contributed by atoms with Crippen molar-refractivity contribution in [3.05, 3.63) is 11.3 Å². The molecule has 1 fully saturated rings. The number of hydrogen-bond acceptors (Lipinski definition) is 5. The molecule has 2 aliphatic heterocycles. The minimum Gasteiger partial charge on any atom is -0.444 e. The van der Waals surface area contributed by atoms with Crippen LogP contribution < -0.4 is 5.32 Å². The molecule has 0 radical (unpaired) electrons. The van der Waals surface area contributed by atoms with Crippen LogP contribution in [0, 0.1) is 5.92 Å². The molecule has 0 spiro atoms. The predicted octanol–water partition coefficient (Wildman–Crippen LogP) is 2.29. The molecule has 3 heterocycles. The molecule has 2 N–H and O–H groups in total. The quantitative estimate of drug-likeness (QED) is 0.785. The Labute approximate surface area is 171 Å². The molecule has 1 aromatic rings. The summed E-state index contributed by atoms with van der Waals surface area (Å²) < 4.78 is 5.42. The summed E-state index contributed by atoms with van der Waals surface area (Å²) in [6, 6.07) is 0. The third-order valence-corrected chi connectivity index (χ3v) is 5.13. The van der Waals surface area contributed by atoms with E-state index >= 15 is 0 Å². The number of nitrogens with zero attached hydrogens (tertiary/aromatic N) is 3. The molecule has 1 unspecified atom stereocenters. The van der Waals surface area contributed by atoms with Gasteiger partial charge in [0.2, 0.25) is 11.8 Å². The Bertz CT molecular complexity index is 818. The first-order valence-corrected chi connectivity index (χ1v) is 10.0. The van der Waals surface area contributed by atoms with E-state index in [2.05, 4.69) is 15.5 Å². The topological polar surface area (TPSA) is 108 Å². The summed E-state index contributed by atoms with van der Waals surface area (Å²) in [5, 5.41) is 10.0. The molecule has 0 saturated carbocycles. The van der Waals surface area contributed by atoms with Crippen molar-refractivity contribution in [3.8, 4) is 0 Å². The molecule has 1 aromatic heterocycles. The Hall–Kier alpha value is -2.58. The largest absolute Gasteiger partial charge is 0.444 e. The zero-order valence-electron chi connectivity index (χ0n) is 18.1. The van der Waals surface area contributed by atoms with E-state index in [9.17, 15) is 14.4 Å². The molecule has 0 aliphatic carbocycles. The zero-order valence-corrected chi connectivity index (χ0v) is 18.1. The van der Waals surface area contributed by atoms with Crippen LogP contribution in [0.3, 0.4) is 0 Å². The minimum atomic E-state index is -0.551. The molecule has 9 heteroatoms. The smallest absolute Gasteiger partial charge is 0.410 e. The Balaban J connectivity index is 1.63. The van der Waals surface area contributed by atoms with Crippen molar-refractivity contribution >= 4 is 23.7 Å². The number of ether oxygens (including phenoxy) is 1. The third-order valence-electron chi connectivity index (χ3n) is 5.13. The van der Waals surface area contributed by atoms with Gasteiger partial charge in [0.05, 0.1) is 18.2 Å². The van der Waals surface area contributed by atoms with Crippen molar-refractivity contribution < 1.29 is 19.1 Å². The van der Waals surface area contributed by atoms with Crippen LogP contribution in [0.4, 0.5) is 10.6 Å². The number of likely N-dealkylation sites (tertiary alicyclic amines) is 1. The maximum absolute atomic E-state index is 12.7. The van der Waals surface area contributed by atoms with E-state index in [1.165, 1.54) is 0 Å². The van der Waals surface area contributed by atoms with Crippen LogP contribution in [0.5, 0.6) is 0 Å². The summed E-state index contributed by atoms with van der Waals surface area (Å²) in [6.45, 7) is 12.6. The molecular formula is C20H31N5O4. The summed E-state index contributed by atoms with van der Waals surface area (Å²) in [7, 11) is 0. The van der Waals surface area contributed by atoms with Gasteiger partial charge >= 0.3 is 6.09 Å². The molecule has 1 atom stereocenters.